The third-order valence-corrected chi connectivity index (χ3v) is 2.92. The Balaban J connectivity index is 2.55. The molecule has 0 saturated carbocycles. The predicted molar refractivity (Wildman–Crippen MR) is 81.6 cm³/mol. The summed E-state index contributed by atoms with van der Waals surface area (Å²) in [6.07, 6.45) is 0. The number of carbonyl (C=O) groups is 2. The lowest BCUT2D eigenvalue weighted by Crippen LogP contribution is -2.47. The van der Waals surface area contributed by atoms with Gasteiger partial charge in [-0.15, -0.1) is 0 Å². The molecule has 1 atom stereocenters. The summed E-state index contributed by atoms with van der Waals surface area (Å²) in [5.74, 6) is -0.615. The number of hydrogen-bond acceptors (Lipinski definition) is 4. The highest BCUT2D eigenvalue weighted by atomic mass is 16.5. The first-order valence-corrected chi connectivity index (χ1v) is 7.04. The highest BCUT2D eigenvalue weighted by Gasteiger charge is 2.25. The van der Waals surface area contributed by atoms with Gasteiger partial charge in [0.2, 0.25) is 5.91 Å². The minimum atomic E-state index is -0.624. The molecule has 0 fully saturated rings. The van der Waals surface area contributed by atoms with E-state index in [-0.39, 0.29) is 25.0 Å². The summed E-state index contributed by atoms with van der Waals surface area (Å²) >= 11 is 0. The Morgan fingerprint density at radius 2 is 1.81 bits per heavy atom. The maximum absolute atomic E-state index is 12.1. The van der Waals surface area contributed by atoms with Crippen molar-refractivity contribution in [1.29, 1.82) is 0 Å². The van der Waals surface area contributed by atoms with Crippen LogP contribution in [0.25, 0.3) is 0 Å². The zero-order valence-electron chi connectivity index (χ0n) is 13.1. The van der Waals surface area contributed by atoms with Crippen molar-refractivity contribution in [3.8, 4) is 0 Å². The molecule has 1 aromatic rings. The lowest BCUT2D eigenvalue weighted by molar-refractivity contribution is -0.150. The summed E-state index contributed by atoms with van der Waals surface area (Å²) in [6.45, 7) is 4.22. The molecule has 0 radical (unpaired) electrons. The molecule has 5 heteroatoms. The molecule has 116 valence electrons. The fourth-order valence-electron chi connectivity index (χ4n) is 1.82. The molecule has 0 aromatic heterocycles. The molecule has 0 aliphatic heterocycles. The van der Waals surface area contributed by atoms with Gasteiger partial charge in [0.05, 0.1) is 6.54 Å². The van der Waals surface area contributed by atoms with Gasteiger partial charge in [0.25, 0.3) is 0 Å². The lowest BCUT2D eigenvalue weighted by Gasteiger charge is -2.21. The van der Waals surface area contributed by atoms with E-state index in [0.717, 1.165) is 5.56 Å². The molecule has 0 heterocycles. The zero-order valence-corrected chi connectivity index (χ0v) is 13.1. The fraction of sp³-hybridized carbons (Fsp3) is 0.500. The number of esters is 1. The summed E-state index contributed by atoms with van der Waals surface area (Å²) in [5.41, 5.74) is 0.924. The van der Waals surface area contributed by atoms with Crippen LogP contribution in [0.15, 0.2) is 30.3 Å². The van der Waals surface area contributed by atoms with E-state index < -0.39 is 12.0 Å². The first kappa shape index (κ1) is 17.2. The van der Waals surface area contributed by atoms with Gasteiger partial charge in [-0.1, -0.05) is 44.2 Å². The van der Waals surface area contributed by atoms with Crippen LogP contribution < -0.4 is 5.32 Å². The molecule has 0 aliphatic carbocycles. The van der Waals surface area contributed by atoms with Crippen LogP contribution in [0.1, 0.15) is 19.4 Å². The second kappa shape index (κ2) is 8.42. The average Bonchev–Trinajstić information content (AvgIpc) is 2.42. The molecule has 21 heavy (non-hydrogen) atoms. The van der Waals surface area contributed by atoms with Crippen molar-refractivity contribution in [3.63, 3.8) is 0 Å². The first-order valence-electron chi connectivity index (χ1n) is 7.04. The number of carbonyl (C=O) groups excluding carboxylic acids is 2. The molecule has 1 unspecified atom stereocenters. The van der Waals surface area contributed by atoms with E-state index in [4.69, 9.17) is 4.74 Å². The smallest absolute Gasteiger partial charge is 0.329 e. The number of amides is 1. The molecule has 0 bridgehead atoms. The molecule has 1 amide bonds. The molecule has 1 N–H and O–H groups in total. The van der Waals surface area contributed by atoms with Gasteiger partial charge in [0.1, 0.15) is 12.6 Å². The topological polar surface area (TPSA) is 58.6 Å². The van der Waals surface area contributed by atoms with Gasteiger partial charge in [0.15, 0.2) is 0 Å². The number of hydrogen-bond donors (Lipinski definition) is 1. The summed E-state index contributed by atoms with van der Waals surface area (Å²) < 4.78 is 5.29. The maximum atomic E-state index is 12.1. The van der Waals surface area contributed by atoms with Gasteiger partial charge in [-0.2, -0.15) is 0 Å². The number of ether oxygens (including phenoxy) is 1. The Morgan fingerprint density at radius 1 is 1.19 bits per heavy atom. The van der Waals surface area contributed by atoms with Crippen LogP contribution in [0.4, 0.5) is 0 Å². The van der Waals surface area contributed by atoms with Crippen LogP contribution >= 0.6 is 0 Å². The second-order valence-corrected chi connectivity index (χ2v) is 5.62. The summed E-state index contributed by atoms with van der Waals surface area (Å²) in [5, 5.41) is 2.73. The lowest BCUT2D eigenvalue weighted by atomic mass is 10.0. The number of likely N-dealkylation sites (N-methyl/N-ethyl adjacent to an activating group) is 1. The second-order valence-electron chi connectivity index (χ2n) is 5.62. The van der Waals surface area contributed by atoms with Gasteiger partial charge in [-0.3, -0.25) is 4.79 Å². The third kappa shape index (κ3) is 6.40. The number of nitrogens with one attached hydrogen (secondary N) is 1. The van der Waals surface area contributed by atoms with Crippen LogP contribution in [0.5, 0.6) is 0 Å². The summed E-state index contributed by atoms with van der Waals surface area (Å²) in [4.78, 5) is 25.7. The van der Waals surface area contributed by atoms with Crippen molar-refractivity contribution in [3.05, 3.63) is 35.9 Å². The SMILES string of the molecule is CC(C)C(NC(=O)CN(C)C)C(=O)OCc1ccccc1. The van der Waals surface area contributed by atoms with E-state index in [2.05, 4.69) is 5.32 Å². The van der Waals surface area contributed by atoms with E-state index in [1.807, 2.05) is 44.2 Å². The Bertz CT molecular complexity index is 458. The number of nitrogens with zero attached hydrogens (tertiary/aromatic N) is 1. The van der Waals surface area contributed by atoms with Crippen molar-refractivity contribution in [2.75, 3.05) is 20.6 Å². The Kier molecular flexibility index (Phi) is 6.88. The minimum Gasteiger partial charge on any atom is -0.459 e. The van der Waals surface area contributed by atoms with Crippen LogP contribution in [0.3, 0.4) is 0 Å². The first-order chi connectivity index (χ1) is 9.90. The van der Waals surface area contributed by atoms with Gasteiger partial charge in [-0.05, 0) is 25.6 Å². The summed E-state index contributed by atoms with van der Waals surface area (Å²) in [6, 6.07) is 8.85. The molecule has 5 nitrogen and oxygen atoms in total. The van der Waals surface area contributed by atoms with Crippen LogP contribution in [0.2, 0.25) is 0 Å². The minimum absolute atomic E-state index is 0.0283. The van der Waals surface area contributed by atoms with E-state index in [1.165, 1.54) is 0 Å². The third-order valence-electron chi connectivity index (χ3n) is 2.92. The standard InChI is InChI=1S/C16H24N2O3/c1-12(2)15(17-14(19)10-18(3)4)16(20)21-11-13-8-6-5-7-9-13/h5-9,12,15H,10-11H2,1-4H3,(H,17,19). The molecular formula is C16H24N2O3. The van der Waals surface area contributed by atoms with Crippen LogP contribution in [-0.2, 0) is 20.9 Å². The van der Waals surface area contributed by atoms with Gasteiger partial charge < -0.3 is 15.0 Å². The van der Waals surface area contributed by atoms with Gasteiger partial charge in [-0.25, -0.2) is 4.79 Å². The number of benzene rings is 1. The van der Waals surface area contributed by atoms with Gasteiger partial charge in [0, 0.05) is 0 Å². The van der Waals surface area contributed by atoms with Crippen molar-refractivity contribution >= 4 is 11.9 Å². The van der Waals surface area contributed by atoms with Crippen molar-refractivity contribution in [2.24, 2.45) is 5.92 Å². The van der Waals surface area contributed by atoms with Crippen molar-refractivity contribution < 1.29 is 14.3 Å². The average molecular weight is 292 g/mol. The predicted octanol–water partition coefficient (Wildman–Crippen LogP) is 1.43. The fourth-order valence-corrected chi connectivity index (χ4v) is 1.82. The Morgan fingerprint density at radius 3 is 2.33 bits per heavy atom. The maximum Gasteiger partial charge on any atom is 0.329 e. The molecule has 0 spiro atoms. The molecule has 1 aromatic carbocycles. The Labute approximate surface area is 126 Å². The monoisotopic (exact) mass is 292 g/mol. The number of rotatable bonds is 7. The quantitative estimate of drug-likeness (QED) is 0.772. The Hall–Kier alpha value is -1.88. The van der Waals surface area contributed by atoms with Gasteiger partial charge >= 0.3 is 5.97 Å². The van der Waals surface area contributed by atoms with Crippen molar-refractivity contribution in [1.82, 2.24) is 10.2 Å². The molecular weight excluding hydrogens is 268 g/mol. The van der Waals surface area contributed by atoms with E-state index in [1.54, 1.807) is 19.0 Å². The highest BCUT2D eigenvalue weighted by Crippen LogP contribution is 2.07. The van der Waals surface area contributed by atoms with E-state index >= 15 is 0 Å². The van der Waals surface area contributed by atoms with Crippen LogP contribution in [0, 0.1) is 5.92 Å². The van der Waals surface area contributed by atoms with E-state index in [9.17, 15) is 9.59 Å². The normalized spacial score (nSPS) is 12.3. The van der Waals surface area contributed by atoms with Crippen molar-refractivity contribution in [2.45, 2.75) is 26.5 Å². The molecule has 0 saturated heterocycles. The molecule has 1 rings (SSSR count). The largest absolute Gasteiger partial charge is 0.459 e. The summed E-state index contributed by atoms with van der Waals surface area (Å²) in [7, 11) is 3.61. The van der Waals surface area contributed by atoms with Crippen LogP contribution in [-0.4, -0.2) is 43.5 Å². The highest BCUT2D eigenvalue weighted by molar-refractivity contribution is 5.85. The molecule has 0 aliphatic rings. The zero-order chi connectivity index (χ0) is 15.8. The van der Waals surface area contributed by atoms with E-state index in [0.29, 0.717) is 0 Å².